The van der Waals surface area contributed by atoms with Crippen molar-refractivity contribution in [1.82, 2.24) is 5.32 Å². The summed E-state index contributed by atoms with van der Waals surface area (Å²) in [5, 5.41) is 11.6. The first kappa shape index (κ1) is 15.9. The smallest absolute Gasteiger partial charge is 0.303 e. The van der Waals surface area contributed by atoms with Crippen molar-refractivity contribution in [3.05, 3.63) is 0 Å². The lowest BCUT2D eigenvalue weighted by molar-refractivity contribution is -0.139. The molecular weight excluding hydrogens is 218 g/mol. The number of amides is 1. The predicted molar refractivity (Wildman–Crippen MR) is 67.7 cm³/mol. The molecule has 0 fully saturated rings. The zero-order valence-electron chi connectivity index (χ0n) is 11.3. The highest BCUT2D eigenvalue weighted by atomic mass is 16.4. The molecule has 0 saturated carbocycles. The minimum atomic E-state index is -0.795. The van der Waals surface area contributed by atoms with Crippen LogP contribution in [0.25, 0.3) is 0 Å². The fraction of sp³-hybridized carbons (Fsp3) is 0.846. The van der Waals surface area contributed by atoms with Gasteiger partial charge in [0, 0.05) is 13.5 Å². The Balaban J connectivity index is 4.42. The summed E-state index contributed by atoms with van der Waals surface area (Å²) in [4.78, 5) is 21.7. The normalized spacial score (nSPS) is 16.0. The third-order valence-electron chi connectivity index (χ3n) is 3.44. The Labute approximate surface area is 104 Å². The van der Waals surface area contributed by atoms with Gasteiger partial charge in [0.05, 0.1) is 6.42 Å². The molecule has 4 nitrogen and oxygen atoms in total. The van der Waals surface area contributed by atoms with E-state index in [0.717, 1.165) is 12.8 Å². The van der Waals surface area contributed by atoms with Crippen LogP contribution >= 0.6 is 0 Å². The summed E-state index contributed by atoms with van der Waals surface area (Å²) in [7, 11) is 0. The van der Waals surface area contributed by atoms with Crippen LogP contribution in [-0.4, -0.2) is 23.5 Å². The Kier molecular flexibility index (Phi) is 7.59. The van der Waals surface area contributed by atoms with Crippen molar-refractivity contribution in [3.8, 4) is 0 Å². The Hall–Kier alpha value is -1.06. The van der Waals surface area contributed by atoms with Crippen molar-refractivity contribution >= 4 is 11.9 Å². The number of carbonyl (C=O) groups excluding carboxylic acids is 1. The Bertz CT molecular complexity index is 253. The number of rotatable bonds is 8. The Morgan fingerprint density at radius 3 is 2.29 bits per heavy atom. The van der Waals surface area contributed by atoms with Gasteiger partial charge < -0.3 is 10.4 Å². The second-order valence-corrected chi connectivity index (χ2v) is 4.92. The highest BCUT2D eigenvalue weighted by Crippen LogP contribution is 2.26. The van der Waals surface area contributed by atoms with Crippen LogP contribution in [0.1, 0.15) is 47.0 Å². The average molecular weight is 243 g/mol. The summed E-state index contributed by atoms with van der Waals surface area (Å²) in [6.45, 7) is 8.27. The molecule has 0 heterocycles. The van der Waals surface area contributed by atoms with Gasteiger partial charge in [0.25, 0.3) is 0 Å². The van der Waals surface area contributed by atoms with Crippen LogP contribution in [0, 0.1) is 17.8 Å². The summed E-state index contributed by atoms with van der Waals surface area (Å²) >= 11 is 0. The Morgan fingerprint density at radius 2 is 1.88 bits per heavy atom. The van der Waals surface area contributed by atoms with Gasteiger partial charge in [0.1, 0.15) is 0 Å². The molecule has 3 unspecified atom stereocenters. The number of aliphatic carboxylic acids is 1. The fourth-order valence-corrected chi connectivity index (χ4v) is 2.13. The van der Waals surface area contributed by atoms with Gasteiger partial charge in [-0.15, -0.1) is 0 Å². The van der Waals surface area contributed by atoms with Gasteiger partial charge in [0.2, 0.25) is 5.91 Å². The van der Waals surface area contributed by atoms with Gasteiger partial charge in [-0.1, -0.05) is 33.6 Å². The van der Waals surface area contributed by atoms with E-state index in [2.05, 4.69) is 26.1 Å². The molecule has 3 atom stereocenters. The molecule has 0 aromatic rings. The molecule has 2 N–H and O–H groups in total. The van der Waals surface area contributed by atoms with Crippen LogP contribution in [0.2, 0.25) is 0 Å². The first-order valence-corrected chi connectivity index (χ1v) is 6.34. The van der Waals surface area contributed by atoms with Gasteiger partial charge in [-0.2, -0.15) is 0 Å². The van der Waals surface area contributed by atoms with Gasteiger partial charge in [0.15, 0.2) is 0 Å². The second kappa shape index (κ2) is 8.09. The van der Waals surface area contributed by atoms with Crippen molar-refractivity contribution in [3.63, 3.8) is 0 Å². The zero-order valence-corrected chi connectivity index (χ0v) is 11.3. The van der Waals surface area contributed by atoms with Crippen LogP contribution < -0.4 is 5.32 Å². The lowest BCUT2D eigenvalue weighted by Crippen LogP contribution is -2.34. The molecule has 0 aliphatic heterocycles. The van der Waals surface area contributed by atoms with Crippen molar-refractivity contribution in [1.29, 1.82) is 0 Å². The zero-order chi connectivity index (χ0) is 13.4. The highest BCUT2D eigenvalue weighted by molar-refractivity contribution is 5.73. The molecule has 0 spiro atoms. The summed E-state index contributed by atoms with van der Waals surface area (Å²) < 4.78 is 0. The molecule has 0 aliphatic carbocycles. The SMILES string of the molecule is CCCC(C)C(C)C(CNC(C)=O)CC(=O)O. The number of carboxylic acids is 1. The average Bonchev–Trinajstić information content (AvgIpc) is 2.22. The second-order valence-electron chi connectivity index (χ2n) is 4.92. The van der Waals surface area contributed by atoms with Gasteiger partial charge in [-0.05, 0) is 17.8 Å². The molecule has 1 amide bonds. The minimum Gasteiger partial charge on any atom is -0.481 e. The van der Waals surface area contributed by atoms with Crippen LogP contribution in [0.3, 0.4) is 0 Å². The largest absolute Gasteiger partial charge is 0.481 e. The molecule has 17 heavy (non-hydrogen) atoms. The van der Waals surface area contributed by atoms with E-state index in [1.165, 1.54) is 6.92 Å². The minimum absolute atomic E-state index is 0.0120. The van der Waals surface area contributed by atoms with E-state index in [9.17, 15) is 9.59 Å². The van der Waals surface area contributed by atoms with Crippen LogP contribution in [-0.2, 0) is 9.59 Å². The molecule has 0 radical (unpaired) electrons. The quantitative estimate of drug-likeness (QED) is 0.687. The van der Waals surface area contributed by atoms with E-state index in [1.807, 2.05) is 0 Å². The van der Waals surface area contributed by atoms with Gasteiger partial charge >= 0.3 is 5.97 Å². The molecule has 0 rings (SSSR count). The summed E-state index contributed by atoms with van der Waals surface area (Å²) in [6, 6.07) is 0. The number of carboxylic acid groups (broad SMARTS) is 1. The number of hydrogen-bond donors (Lipinski definition) is 2. The summed E-state index contributed by atoms with van der Waals surface area (Å²) in [6.07, 6.45) is 2.32. The van der Waals surface area contributed by atoms with E-state index >= 15 is 0 Å². The van der Waals surface area contributed by atoms with Crippen molar-refractivity contribution < 1.29 is 14.7 Å². The topological polar surface area (TPSA) is 66.4 Å². The van der Waals surface area contributed by atoms with Crippen molar-refractivity contribution in [2.75, 3.05) is 6.54 Å². The molecule has 4 heteroatoms. The number of hydrogen-bond acceptors (Lipinski definition) is 2. The van der Waals surface area contributed by atoms with E-state index in [1.54, 1.807) is 0 Å². The predicted octanol–water partition coefficient (Wildman–Crippen LogP) is 2.29. The highest BCUT2D eigenvalue weighted by Gasteiger charge is 2.24. The van der Waals surface area contributed by atoms with Crippen molar-refractivity contribution in [2.24, 2.45) is 17.8 Å². The fourth-order valence-electron chi connectivity index (χ4n) is 2.13. The summed E-state index contributed by atoms with van der Waals surface area (Å²) in [5.41, 5.74) is 0. The van der Waals surface area contributed by atoms with E-state index < -0.39 is 5.97 Å². The van der Waals surface area contributed by atoms with E-state index in [-0.39, 0.29) is 18.2 Å². The molecule has 0 bridgehead atoms. The van der Waals surface area contributed by atoms with Crippen LogP contribution in [0.4, 0.5) is 0 Å². The number of nitrogens with one attached hydrogen (secondary N) is 1. The molecule has 100 valence electrons. The standard InChI is InChI=1S/C13H25NO3/c1-5-6-9(2)10(3)12(7-13(16)17)8-14-11(4)15/h9-10,12H,5-8H2,1-4H3,(H,14,15)(H,16,17). The monoisotopic (exact) mass is 243 g/mol. The Morgan fingerprint density at radius 1 is 1.29 bits per heavy atom. The third-order valence-corrected chi connectivity index (χ3v) is 3.44. The summed E-state index contributed by atoms with van der Waals surface area (Å²) in [5.74, 6) is -0.0967. The van der Waals surface area contributed by atoms with E-state index in [0.29, 0.717) is 18.4 Å². The maximum absolute atomic E-state index is 10.9. The molecular formula is C13H25NO3. The van der Waals surface area contributed by atoms with Crippen LogP contribution in [0.15, 0.2) is 0 Å². The molecule has 0 saturated heterocycles. The number of carbonyl (C=O) groups is 2. The molecule has 0 aromatic carbocycles. The van der Waals surface area contributed by atoms with Crippen LogP contribution in [0.5, 0.6) is 0 Å². The molecule has 0 aliphatic rings. The van der Waals surface area contributed by atoms with Gasteiger partial charge in [-0.3, -0.25) is 9.59 Å². The maximum Gasteiger partial charge on any atom is 0.303 e. The first-order chi connectivity index (χ1) is 7.88. The maximum atomic E-state index is 10.9. The lowest BCUT2D eigenvalue weighted by atomic mass is 9.80. The van der Waals surface area contributed by atoms with E-state index in [4.69, 9.17) is 5.11 Å². The first-order valence-electron chi connectivity index (χ1n) is 6.34. The lowest BCUT2D eigenvalue weighted by Gasteiger charge is -2.28. The molecule has 0 aromatic heterocycles. The third kappa shape index (κ3) is 6.97. The van der Waals surface area contributed by atoms with Crippen molar-refractivity contribution in [2.45, 2.75) is 47.0 Å². The van der Waals surface area contributed by atoms with Gasteiger partial charge in [-0.25, -0.2) is 0 Å².